The van der Waals surface area contributed by atoms with Crippen LogP contribution in [0.25, 0.3) is 5.95 Å². The first-order valence-corrected chi connectivity index (χ1v) is 6.84. The maximum atomic E-state index is 4.36. The molecule has 0 saturated heterocycles. The number of hydrogen-bond donors (Lipinski definition) is 2. The van der Waals surface area contributed by atoms with E-state index in [-0.39, 0.29) is 0 Å². The molecule has 0 bridgehead atoms. The molecule has 2 rings (SSSR count). The molecule has 8 heteroatoms. The summed E-state index contributed by atoms with van der Waals surface area (Å²) in [5.41, 5.74) is 0. The van der Waals surface area contributed by atoms with Gasteiger partial charge in [-0.05, 0) is 19.8 Å². The molecule has 0 radical (unpaired) electrons. The molecule has 0 aliphatic carbocycles. The Balaban J connectivity index is 2.28. The maximum absolute atomic E-state index is 4.36. The van der Waals surface area contributed by atoms with E-state index in [0.29, 0.717) is 23.9 Å². The van der Waals surface area contributed by atoms with E-state index < -0.39 is 0 Å². The lowest BCUT2D eigenvalue weighted by atomic mass is 10.3. The van der Waals surface area contributed by atoms with E-state index in [1.807, 2.05) is 0 Å². The molecule has 0 fully saturated rings. The molecule has 1 atom stereocenters. The summed E-state index contributed by atoms with van der Waals surface area (Å²) in [4.78, 5) is 17.0. The van der Waals surface area contributed by atoms with E-state index >= 15 is 0 Å². The third kappa shape index (κ3) is 3.62. The SMILES string of the molecule is CCCNc1nc(NC(C)CC)nc(-n2cncn2)n1. The second-order valence-electron chi connectivity index (χ2n) is 4.50. The highest BCUT2D eigenvalue weighted by molar-refractivity contribution is 5.38. The number of nitrogens with one attached hydrogen (secondary N) is 2. The van der Waals surface area contributed by atoms with E-state index in [4.69, 9.17) is 0 Å². The fourth-order valence-electron chi connectivity index (χ4n) is 1.48. The van der Waals surface area contributed by atoms with Gasteiger partial charge in [-0.3, -0.25) is 0 Å². The monoisotopic (exact) mass is 276 g/mol. The van der Waals surface area contributed by atoms with Crippen LogP contribution in [0.5, 0.6) is 0 Å². The first-order chi connectivity index (χ1) is 9.72. The highest BCUT2D eigenvalue weighted by atomic mass is 15.4. The number of anilines is 2. The molecular formula is C12H20N8. The van der Waals surface area contributed by atoms with E-state index in [0.717, 1.165) is 19.4 Å². The molecule has 0 aliphatic rings. The van der Waals surface area contributed by atoms with E-state index in [2.05, 4.69) is 56.4 Å². The van der Waals surface area contributed by atoms with Crippen LogP contribution >= 0.6 is 0 Å². The van der Waals surface area contributed by atoms with Gasteiger partial charge in [0.05, 0.1) is 0 Å². The Hall–Kier alpha value is -2.25. The normalized spacial score (nSPS) is 12.2. The fraction of sp³-hybridized carbons (Fsp3) is 0.583. The second kappa shape index (κ2) is 6.78. The van der Waals surface area contributed by atoms with Crippen molar-refractivity contribution in [2.45, 2.75) is 39.7 Å². The smallest absolute Gasteiger partial charge is 0.258 e. The van der Waals surface area contributed by atoms with Crippen LogP contribution in [0.3, 0.4) is 0 Å². The number of hydrogen-bond acceptors (Lipinski definition) is 7. The predicted octanol–water partition coefficient (Wildman–Crippen LogP) is 1.48. The van der Waals surface area contributed by atoms with Gasteiger partial charge in [0.1, 0.15) is 12.7 Å². The first-order valence-electron chi connectivity index (χ1n) is 6.84. The van der Waals surface area contributed by atoms with Crippen molar-refractivity contribution in [1.29, 1.82) is 0 Å². The highest BCUT2D eigenvalue weighted by Crippen LogP contribution is 2.10. The van der Waals surface area contributed by atoms with E-state index in [1.54, 1.807) is 6.33 Å². The molecule has 0 aromatic carbocycles. The van der Waals surface area contributed by atoms with Crippen molar-refractivity contribution in [2.75, 3.05) is 17.2 Å². The molecule has 2 aromatic heterocycles. The minimum Gasteiger partial charge on any atom is -0.354 e. The summed E-state index contributed by atoms with van der Waals surface area (Å²) in [7, 11) is 0. The Morgan fingerprint density at radius 2 is 2.00 bits per heavy atom. The van der Waals surface area contributed by atoms with Crippen LogP contribution in [-0.4, -0.2) is 42.3 Å². The Bertz CT molecular complexity index is 524. The maximum Gasteiger partial charge on any atom is 0.258 e. The van der Waals surface area contributed by atoms with E-state index in [9.17, 15) is 0 Å². The van der Waals surface area contributed by atoms with E-state index in [1.165, 1.54) is 11.0 Å². The van der Waals surface area contributed by atoms with Crippen molar-refractivity contribution < 1.29 is 0 Å². The van der Waals surface area contributed by atoms with Crippen molar-refractivity contribution in [3.05, 3.63) is 12.7 Å². The highest BCUT2D eigenvalue weighted by Gasteiger charge is 2.10. The number of rotatable bonds is 7. The average Bonchev–Trinajstić information content (AvgIpc) is 2.99. The topological polar surface area (TPSA) is 93.4 Å². The van der Waals surface area contributed by atoms with Crippen molar-refractivity contribution >= 4 is 11.9 Å². The third-order valence-corrected chi connectivity index (χ3v) is 2.77. The quantitative estimate of drug-likeness (QED) is 0.791. The molecule has 0 amide bonds. The predicted molar refractivity (Wildman–Crippen MR) is 76.9 cm³/mol. The lowest BCUT2D eigenvalue weighted by Crippen LogP contribution is -2.18. The zero-order valence-electron chi connectivity index (χ0n) is 12.0. The lowest BCUT2D eigenvalue weighted by molar-refractivity contribution is 0.739. The van der Waals surface area contributed by atoms with Crippen molar-refractivity contribution in [3.63, 3.8) is 0 Å². The van der Waals surface area contributed by atoms with Crippen LogP contribution < -0.4 is 10.6 Å². The summed E-state index contributed by atoms with van der Waals surface area (Å²) in [6.45, 7) is 7.08. The average molecular weight is 276 g/mol. The van der Waals surface area contributed by atoms with Gasteiger partial charge in [-0.2, -0.15) is 24.7 Å². The number of aromatic nitrogens is 6. The summed E-state index contributed by atoms with van der Waals surface area (Å²) >= 11 is 0. The van der Waals surface area contributed by atoms with Gasteiger partial charge >= 0.3 is 0 Å². The minimum absolute atomic E-state index is 0.292. The lowest BCUT2D eigenvalue weighted by Gasteiger charge is -2.13. The van der Waals surface area contributed by atoms with Crippen LogP contribution in [0.1, 0.15) is 33.6 Å². The molecule has 20 heavy (non-hydrogen) atoms. The molecular weight excluding hydrogens is 256 g/mol. The van der Waals surface area contributed by atoms with Crippen LogP contribution in [0, 0.1) is 0 Å². The Morgan fingerprint density at radius 1 is 1.20 bits per heavy atom. The Morgan fingerprint density at radius 3 is 2.65 bits per heavy atom. The Kier molecular flexibility index (Phi) is 4.80. The van der Waals surface area contributed by atoms with Crippen LogP contribution in [-0.2, 0) is 0 Å². The fourth-order valence-corrected chi connectivity index (χ4v) is 1.48. The standard InChI is InChI=1S/C12H20N8/c1-4-6-14-10-17-11(16-9(3)5-2)19-12(18-10)20-8-13-7-15-20/h7-9H,4-6H2,1-3H3,(H2,14,16,17,18,19). The molecule has 0 spiro atoms. The zero-order valence-corrected chi connectivity index (χ0v) is 12.0. The zero-order chi connectivity index (χ0) is 14.4. The van der Waals surface area contributed by atoms with Crippen LogP contribution in [0.4, 0.5) is 11.9 Å². The summed E-state index contributed by atoms with van der Waals surface area (Å²) in [5, 5.41) is 10.5. The summed E-state index contributed by atoms with van der Waals surface area (Å²) < 4.78 is 1.51. The molecule has 0 saturated carbocycles. The molecule has 108 valence electrons. The third-order valence-electron chi connectivity index (χ3n) is 2.77. The van der Waals surface area contributed by atoms with Gasteiger partial charge in [0.2, 0.25) is 11.9 Å². The largest absolute Gasteiger partial charge is 0.354 e. The molecule has 0 aliphatic heterocycles. The molecule has 2 heterocycles. The number of nitrogens with zero attached hydrogens (tertiary/aromatic N) is 6. The molecule has 8 nitrogen and oxygen atoms in total. The van der Waals surface area contributed by atoms with Crippen LogP contribution in [0.2, 0.25) is 0 Å². The van der Waals surface area contributed by atoms with Gasteiger partial charge in [0.15, 0.2) is 0 Å². The van der Waals surface area contributed by atoms with Crippen molar-refractivity contribution in [2.24, 2.45) is 0 Å². The first kappa shape index (κ1) is 14.2. The Labute approximate surface area is 118 Å². The summed E-state index contributed by atoms with van der Waals surface area (Å²) in [5.74, 6) is 1.53. The van der Waals surface area contributed by atoms with Gasteiger partial charge in [-0.15, -0.1) is 0 Å². The van der Waals surface area contributed by atoms with Crippen molar-refractivity contribution in [1.82, 2.24) is 29.7 Å². The minimum atomic E-state index is 0.292. The van der Waals surface area contributed by atoms with Gasteiger partial charge in [0, 0.05) is 12.6 Å². The van der Waals surface area contributed by atoms with Gasteiger partial charge in [-0.25, -0.2) is 4.98 Å². The molecule has 2 aromatic rings. The van der Waals surface area contributed by atoms with Crippen molar-refractivity contribution in [3.8, 4) is 5.95 Å². The van der Waals surface area contributed by atoms with Gasteiger partial charge in [0.25, 0.3) is 5.95 Å². The molecule has 2 N–H and O–H groups in total. The summed E-state index contributed by atoms with van der Waals surface area (Å²) in [6.07, 6.45) is 5.00. The molecule has 1 unspecified atom stereocenters. The van der Waals surface area contributed by atoms with Gasteiger partial charge < -0.3 is 10.6 Å². The summed E-state index contributed by atoms with van der Waals surface area (Å²) in [6, 6.07) is 0.292. The second-order valence-corrected chi connectivity index (χ2v) is 4.50. The van der Waals surface area contributed by atoms with Crippen LogP contribution in [0.15, 0.2) is 12.7 Å². The van der Waals surface area contributed by atoms with Gasteiger partial charge in [-0.1, -0.05) is 13.8 Å².